The zero-order valence-electron chi connectivity index (χ0n) is 10.2. The van der Waals surface area contributed by atoms with Gasteiger partial charge in [0.15, 0.2) is 5.13 Å². The van der Waals surface area contributed by atoms with E-state index < -0.39 is 0 Å². The second-order valence-electron chi connectivity index (χ2n) is 4.78. The molecule has 16 heavy (non-hydrogen) atoms. The third kappa shape index (κ3) is 1.80. The van der Waals surface area contributed by atoms with Crippen molar-refractivity contribution in [2.24, 2.45) is 0 Å². The Hall–Kier alpha value is -1.09. The molecule has 0 fully saturated rings. The Morgan fingerprint density at radius 1 is 1.12 bits per heavy atom. The van der Waals surface area contributed by atoms with Crippen LogP contribution in [-0.4, -0.2) is 4.98 Å². The predicted octanol–water partition coefficient (Wildman–Crippen LogP) is 4.13. The predicted molar refractivity (Wildman–Crippen MR) is 72.2 cm³/mol. The van der Waals surface area contributed by atoms with Gasteiger partial charge in [-0.05, 0) is 29.0 Å². The van der Waals surface area contributed by atoms with E-state index >= 15 is 0 Å². The van der Waals surface area contributed by atoms with E-state index in [1.54, 1.807) is 11.3 Å². The molecule has 1 aromatic heterocycles. The van der Waals surface area contributed by atoms with Crippen LogP contribution in [0.5, 0.6) is 0 Å². The first-order valence-corrected chi connectivity index (χ1v) is 6.51. The minimum Gasteiger partial charge on any atom is -0.375 e. The molecule has 0 atom stereocenters. The lowest BCUT2D eigenvalue weighted by Gasteiger charge is -2.16. The molecule has 0 aliphatic carbocycles. The van der Waals surface area contributed by atoms with E-state index in [2.05, 4.69) is 44.8 Å². The summed E-state index contributed by atoms with van der Waals surface area (Å²) >= 11 is 1.61. The third-order valence-corrected chi connectivity index (χ3v) is 3.78. The van der Waals surface area contributed by atoms with Crippen LogP contribution < -0.4 is 5.73 Å². The highest BCUT2D eigenvalue weighted by atomic mass is 32.1. The van der Waals surface area contributed by atoms with Crippen molar-refractivity contribution < 1.29 is 0 Å². The van der Waals surface area contributed by atoms with Crippen LogP contribution in [0, 0.1) is 0 Å². The fraction of sp³-hybridized carbons (Fsp3) is 0.462. The molecule has 1 aromatic carbocycles. The number of benzene rings is 1. The van der Waals surface area contributed by atoms with E-state index in [1.165, 1.54) is 15.8 Å². The van der Waals surface area contributed by atoms with Gasteiger partial charge in [-0.2, -0.15) is 0 Å². The van der Waals surface area contributed by atoms with Crippen molar-refractivity contribution in [3.05, 3.63) is 23.3 Å². The van der Waals surface area contributed by atoms with Crippen molar-refractivity contribution >= 4 is 26.7 Å². The van der Waals surface area contributed by atoms with Gasteiger partial charge < -0.3 is 5.73 Å². The van der Waals surface area contributed by atoms with E-state index in [1.807, 2.05) is 0 Å². The Labute approximate surface area is 101 Å². The number of thiazole rings is 1. The Morgan fingerprint density at radius 3 is 2.38 bits per heavy atom. The van der Waals surface area contributed by atoms with E-state index in [9.17, 15) is 0 Å². The highest BCUT2D eigenvalue weighted by Crippen LogP contribution is 2.36. The summed E-state index contributed by atoms with van der Waals surface area (Å²) in [6, 6.07) is 4.28. The van der Waals surface area contributed by atoms with Crippen LogP contribution >= 0.6 is 11.3 Å². The first-order valence-electron chi connectivity index (χ1n) is 5.69. The molecule has 0 aliphatic heterocycles. The molecular weight excluding hydrogens is 216 g/mol. The molecule has 0 saturated carbocycles. The molecule has 0 amide bonds. The van der Waals surface area contributed by atoms with Crippen LogP contribution in [-0.2, 0) is 0 Å². The average Bonchev–Trinajstić information content (AvgIpc) is 2.55. The summed E-state index contributed by atoms with van der Waals surface area (Å²) in [4.78, 5) is 4.35. The average molecular weight is 234 g/mol. The summed E-state index contributed by atoms with van der Waals surface area (Å²) in [5, 5.41) is 0.665. The molecule has 0 spiro atoms. The lowest BCUT2D eigenvalue weighted by Crippen LogP contribution is -1.98. The molecule has 2 aromatic rings. The van der Waals surface area contributed by atoms with E-state index in [0.29, 0.717) is 17.0 Å². The maximum absolute atomic E-state index is 5.79. The molecule has 0 saturated heterocycles. The SMILES string of the molecule is CC(C)c1ccc2nc(N)sc2c1C(C)C. The van der Waals surface area contributed by atoms with Crippen LogP contribution in [0.2, 0.25) is 0 Å². The summed E-state index contributed by atoms with van der Waals surface area (Å²) in [6.07, 6.45) is 0. The summed E-state index contributed by atoms with van der Waals surface area (Å²) < 4.78 is 1.26. The van der Waals surface area contributed by atoms with Crippen molar-refractivity contribution in [1.82, 2.24) is 4.98 Å². The number of nitrogens with two attached hydrogens (primary N) is 1. The van der Waals surface area contributed by atoms with Crippen LogP contribution in [0.25, 0.3) is 10.2 Å². The fourth-order valence-electron chi connectivity index (χ4n) is 2.14. The lowest BCUT2D eigenvalue weighted by atomic mass is 9.90. The Morgan fingerprint density at radius 2 is 1.81 bits per heavy atom. The first-order chi connectivity index (χ1) is 7.50. The monoisotopic (exact) mass is 234 g/mol. The quantitative estimate of drug-likeness (QED) is 0.848. The number of hydrogen-bond donors (Lipinski definition) is 1. The van der Waals surface area contributed by atoms with Crippen molar-refractivity contribution in [2.75, 3.05) is 5.73 Å². The molecule has 2 N–H and O–H groups in total. The number of rotatable bonds is 2. The number of nitrogens with zero attached hydrogens (tertiary/aromatic N) is 1. The Balaban J connectivity index is 2.78. The standard InChI is InChI=1S/C13H18N2S/c1-7(2)9-5-6-10-12(11(9)8(3)4)16-13(14)15-10/h5-8H,1-4H3,(H2,14,15). The van der Waals surface area contributed by atoms with Gasteiger partial charge in [0.2, 0.25) is 0 Å². The molecular formula is C13H18N2S. The number of hydrogen-bond acceptors (Lipinski definition) is 3. The maximum atomic E-state index is 5.79. The van der Waals surface area contributed by atoms with Gasteiger partial charge in [-0.1, -0.05) is 45.1 Å². The van der Waals surface area contributed by atoms with Gasteiger partial charge in [0.05, 0.1) is 10.2 Å². The lowest BCUT2D eigenvalue weighted by molar-refractivity contribution is 0.799. The minimum absolute atomic E-state index is 0.515. The highest BCUT2D eigenvalue weighted by Gasteiger charge is 2.16. The summed E-state index contributed by atoms with van der Waals surface area (Å²) in [5.74, 6) is 1.06. The van der Waals surface area contributed by atoms with Gasteiger partial charge in [0.1, 0.15) is 0 Å². The molecule has 3 heteroatoms. The molecule has 1 heterocycles. The van der Waals surface area contributed by atoms with Crippen molar-refractivity contribution in [1.29, 1.82) is 0 Å². The summed E-state index contributed by atoms with van der Waals surface area (Å²) in [6.45, 7) is 8.93. The van der Waals surface area contributed by atoms with E-state index in [4.69, 9.17) is 5.73 Å². The zero-order chi connectivity index (χ0) is 11.9. The highest BCUT2D eigenvalue weighted by molar-refractivity contribution is 7.22. The van der Waals surface area contributed by atoms with Gasteiger partial charge >= 0.3 is 0 Å². The molecule has 86 valence electrons. The van der Waals surface area contributed by atoms with Crippen LogP contribution in [0.3, 0.4) is 0 Å². The molecule has 2 rings (SSSR count). The fourth-order valence-corrected chi connectivity index (χ4v) is 3.18. The molecule has 0 radical (unpaired) electrons. The van der Waals surface area contributed by atoms with Gasteiger partial charge in [-0.25, -0.2) is 4.98 Å². The Kier molecular flexibility index (Phi) is 2.89. The second-order valence-corrected chi connectivity index (χ2v) is 5.81. The second kappa shape index (κ2) is 4.06. The first kappa shape index (κ1) is 11.4. The number of fused-ring (bicyclic) bond motifs is 1. The molecule has 0 bridgehead atoms. The van der Waals surface area contributed by atoms with Crippen molar-refractivity contribution in [3.8, 4) is 0 Å². The van der Waals surface area contributed by atoms with Crippen LogP contribution in [0.4, 0.5) is 5.13 Å². The molecule has 0 aliphatic rings. The summed E-state index contributed by atoms with van der Waals surface area (Å²) in [5.41, 5.74) is 9.67. The summed E-state index contributed by atoms with van der Waals surface area (Å²) in [7, 11) is 0. The van der Waals surface area contributed by atoms with Crippen LogP contribution in [0.1, 0.15) is 50.7 Å². The van der Waals surface area contributed by atoms with E-state index in [0.717, 1.165) is 5.52 Å². The van der Waals surface area contributed by atoms with Crippen molar-refractivity contribution in [2.45, 2.75) is 39.5 Å². The smallest absolute Gasteiger partial charge is 0.181 e. The number of aromatic nitrogens is 1. The zero-order valence-corrected chi connectivity index (χ0v) is 11.1. The number of anilines is 1. The molecule has 2 nitrogen and oxygen atoms in total. The normalized spacial score (nSPS) is 11.9. The van der Waals surface area contributed by atoms with E-state index in [-0.39, 0.29) is 0 Å². The van der Waals surface area contributed by atoms with Gasteiger partial charge in [-0.15, -0.1) is 0 Å². The number of nitrogen functional groups attached to an aromatic ring is 1. The molecule has 0 unspecified atom stereocenters. The van der Waals surface area contributed by atoms with Crippen LogP contribution in [0.15, 0.2) is 12.1 Å². The topological polar surface area (TPSA) is 38.9 Å². The maximum Gasteiger partial charge on any atom is 0.181 e. The van der Waals surface area contributed by atoms with Gasteiger partial charge in [0, 0.05) is 0 Å². The van der Waals surface area contributed by atoms with Crippen molar-refractivity contribution in [3.63, 3.8) is 0 Å². The Bertz CT molecular complexity index is 512. The third-order valence-electron chi connectivity index (χ3n) is 2.85. The van der Waals surface area contributed by atoms with Gasteiger partial charge in [0.25, 0.3) is 0 Å². The largest absolute Gasteiger partial charge is 0.375 e. The van der Waals surface area contributed by atoms with Gasteiger partial charge in [-0.3, -0.25) is 0 Å². The minimum atomic E-state index is 0.515.